The molecular weight excluding hydrogens is 555 g/mol. The highest BCUT2D eigenvalue weighted by molar-refractivity contribution is 9.10. The number of imidazole rings is 1. The second kappa shape index (κ2) is 11.1. The number of benzene rings is 1. The van der Waals surface area contributed by atoms with Gasteiger partial charge in [-0.15, -0.1) is 0 Å². The minimum absolute atomic E-state index is 0.105. The molecule has 1 unspecified atom stereocenters. The predicted octanol–water partition coefficient (Wildman–Crippen LogP) is 3.88. The van der Waals surface area contributed by atoms with Crippen LogP contribution in [0.15, 0.2) is 35.1 Å². The largest absolute Gasteiger partial charge is 0.479 e. The molecule has 12 nitrogen and oxygen atoms in total. The number of esters is 1. The second-order valence-corrected chi connectivity index (χ2v) is 11.0. The van der Waals surface area contributed by atoms with Gasteiger partial charge in [0, 0.05) is 10.5 Å². The Hall–Kier alpha value is -2.73. The van der Waals surface area contributed by atoms with Crippen LogP contribution in [0.1, 0.15) is 32.7 Å². The van der Waals surface area contributed by atoms with Gasteiger partial charge in [-0.3, -0.25) is 9.32 Å². The van der Waals surface area contributed by atoms with Gasteiger partial charge in [-0.05, 0) is 56.9 Å². The number of ether oxygens (including phenoxy) is 2. The number of nitrogens with two attached hydrogens (primary N) is 1. The summed E-state index contributed by atoms with van der Waals surface area (Å²) < 4.78 is 38.1. The number of nitrogen functional groups attached to an aromatic ring is 1. The van der Waals surface area contributed by atoms with Gasteiger partial charge in [-0.25, -0.2) is 9.55 Å². The Morgan fingerprint density at radius 1 is 1.31 bits per heavy atom. The topological polar surface area (TPSA) is 153 Å². The molecule has 3 N–H and O–H groups in total. The Bertz CT molecular complexity index is 1270. The molecule has 0 amide bonds. The van der Waals surface area contributed by atoms with Crippen molar-refractivity contribution in [3.8, 4) is 11.6 Å². The first-order chi connectivity index (χ1) is 17.2. The Kier molecular flexibility index (Phi) is 8.13. The fourth-order valence-corrected chi connectivity index (χ4v) is 5.70. The maximum absolute atomic E-state index is 13.6. The SMILES string of the molecule is CCOC(=O)[C@H](C)NP(=O)(OC[C@H]1C[C@@H](n2cnc3c(OC)nc(N)nc32)C1)Oc1ccc(Br)cc1. The molecule has 0 radical (unpaired) electrons. The van der Waals surface area contributed by atoms with Crippen LogP contribution in [0, 0.1) is 5.92 Å². The molecule has 0 bridgehead atoms. The summed E-state index contributed by atoms with van der Waals surface area (Å²) in [6.45, 7) is 3.62. The minimum atomic E-state index is -3.90. The van der Waals surface area contributed by atoms with E-state index >= 15 is 0 Å². The van der Waals surface area contributed by atoms with Crippen molar-refractivity contribution in [1.82, 2.24) is 24.6 Å². The molecule has 2 atom stereocenters. The van der Waals surface area contributed by atoms with E-state index in [1.165, 1.54) is 7.11 Å². The lowest BCUT2D eigenvalue weighted by molar-refractivity contribution is -0.144. The van der Waals surface area contributed by atoms with Gasteiger partial charge in [-0.2, -0.15) is 15.1 Å². The van der Waals surface area contributed by atoms with E-state index in [4.69, 9.17) is 24.3 Å². The van der Waals surface area contributed by atoms with E-state index in [-0.39, 0.29) is 31.1 Å². The average Bonchev–Trinajstić information content (AvgIpc) is 3.22. The fraction of sp³-hybridized carbons (Fsp3) is 0.455. The number of nitrogens with zero attached hydrogens (tertiary/aromatic N) is 4. The summed E-state index contributed by atoms with van der Waals surface area (Å²) in [6.07, 6.45) is 3.17. The van der Waals surface area contributed by atoms with Crippen LogP contribution in [0.3, 0.4) is 0 Å². The number of nitrogens with one attached hydrogen (secondary N) is 1. The highest BCUT2D eigenvalue weighted by atomic mass is 79.9. The molecule has 36 heavy (non-hydrogen) atoms. The van der Waals surface area contributed by atoms with Crippen LogP contribution in [0.4, 0.5) is 5.95 Å². The average molecular weight is 583 g/mol. The molecular formula is C22H28BrN6O6P. The number of fused-ring (bicyclic) bond motifs is 1. The number of methoxy groups -OCH3 is 1. The highest BCUT2D eigenvalue weighted by Crippen LogP contribution is 2.48. The number of hydrogen-bond acceptors (Lipinski definition) is 10. The molecule has 4 rings (SSSR count). The summed E-state index contributed by atoms with van der Waals surface area (Å²) in [5, 5.41) is 2.69. The molecule has 0 saturated heterocycles. The smallest absolute Gasteiger partial charge is 0.459 e. The molecule has 0 aliphatic heterocycles. The van der Waals surface area contributed by atoms with Crippen molar-refractivity contribution in [2.75, 3.05) is 26.1 Å². The van der Waals surface area contributed by atoms with Gasteiger partial charge in [0.1, 0.15) is 11.8 Å². The van der Waals surface area contributed by atoms with E-state index in [9.17, 15) is 9.36 Å². The summed E-state index contributed by atoms with van der Waals surface area (Å²) in [5.41, 5.74) is 6.94. The van der Waals surface area contributed by atoms with Crippen molar-refractivity contribution in [1.29, 1.82) is 0 Å². The molecule has 1 fully saturated rings. The van der Waals surface area contributed by atoms with Gasteiger partial charge in [0.05, 0.1) is 26.7 Å². The molecule has 2 heterocycles. The maximum atomic E-state index is 13.6. The van der Waals surface area contributed by atoms with Crippen molar-refractivity contribution < 1.29 is 27.9 Å². The normalized spacial score (nSPS) is 19.8. The zero-order valence-corrected chi connectivity index (χ0v) is 22.6. The van der Waals surface area contributed by atoms with Gasteiger partial charge < -0.3 is 24.3 Å². The van der Waals surface area contributed by atoms with Gasteiger partial charge >= 0.3 is 13.7 Å². The standard InChI is InChI=1S/C22H28BrN6O6P/c1-4-33-21(30)13(2)28-36(31,35-17-7-5-15(23)6-8-17)34-11-14-9-16(10-14)29-12-25-18-19(29)26-22(24)27-20(18)32-3/h5-8,12-14,16H,4,9-11H2,1-3H3,(H,28,31)(H2,24,26,27)/t13-,14-,16+,36?/m0/s1. The van der Waals surface area contributed by atoms with E-state index in [1.54, 1.807) is 44.4 Å². The van der Waals surface area contributed by atoms with Gasteiger partial charge in [0.25, 0.3) is 0 Å². The molecule has 1 aliphatic rings. The summed E-state index contributed by atoms with van der Waals surface area (Å²) in [5.74, 6) is 0.326. The lowest BCUT2D eigenvalue weighted by Gasteiger charge is -2.36. The molecule has 2 aromatic heterocycles. The Morgan fingerprint density at radius 3 is 2.69 bits per heavy atom. The first-order valence-corrected chi connectivity index (χ1v) is 13.7. The van der Waals surface area contributed by atoms with E-state index < -0.39 is 19.8 Å². The zero-order valence-electron chi connectivity index (χ0n) is 20.1. The first kappa shape index (κ1) is 26.3. The predicted molar refractivity (Wildman–Crippen MR) is 136 cm³/mol. The number of halogens is 1. The minimum Gasteiger partial charge on any atom is -0.479 e. The van der Waals surface area contributed by atoms with E-state index in [0.717, 1.165) is 17.3 Å². The van der Waals surface area contributed by atoms with Crippen molar-refractivity contribution >= 4 is 46.8 Å². The summed E-state index contributed by atoms with van der Waals surface area (Å²) in [4.78, 5) is 24.8. The third kappa shape index (κ3) is 5.97. The Balaban J connectivity index is 1.42. The van der Waals surface area contributed by atoms with Crippen molar-refractivity contribution in [2.24, 2.45) is 5.92 Å². The number of carbonyl (C=O) groups is 1. The third-order valence-corrected chi connectivity index (χ3v) is 7.89. The molecule has 1 aromatic carbocycles. The summed E-state index contributed by atoms with van der Waals surface area (Å²) in [7, 11) is -2.40. The lowest BCUT2D eigenvalue weighted by atomic mass is 9.81. The monoisotopic (exact) mass is 582 g/mol. The van der Waals surface area contributed by atoms with Crippen LogP contribution in [0.5, 0.6) is 11.6 Å². The Morgan fingerprint density at radius 2 is 2.03 bits per heavy atom. The second-order valence-electron chi connectivity index (χ2n) is 8.35. The van der Waals surface area contributed by atoms with Gasteiger partial charge in [0.15, 0.2) is 11.2 Å². The van der Waals surface area contributed by atoms with Crippen LogP contribution < -0.4 is 20.1 Å². The fourth-order valence-electron chi connectivity index (χ4n) is 3.86. The molecule has 3 aromatic rings. The number of carbonyl (C=O) groups excluding carboxylic acids is 1. The van der Waals surface area contributed by atoms with Crippen molar-refractivity contribution in [3.63, 3.8) is 0 Å². The molecule has 0 spiro atoms. The maximum Gasteiger partial charge on any atom is 0.459 e. The van der Waals surface area contributed by atoms with Crippen LogP contribution in [0.25, 0.3) is 11.2 Å². The summed E-state index contributed by atoms with van der Waals surface area (Å²) >= 11 is 3.36. The molecule has 1 aliphatic carbocycles. The van der Waals surface area contributed by atoms with E-state index in [1.807, 2.05) is 4.57 Å². The van der Waals surface area contributed by atoms with Crippen molar-refractivity contribution in [3.05, 3.63) is 35.1 Å². The highest BCUT2D eigenvalue weighted by Gasteiger charge is 2.37. The molecule has 194 valence electrons. The molecule has 1 saturated carbocycles. The van der Waals surface area contributed by atoms with Crippen LogP contribution >= 0.6 is 23.7 Å². The summed E-state index contributed by atoms with van der Waals surface area (Å²) in [6, 6.07) is 6.04. The number of aromatic nitrogens is 4. The quantitative estimate of drug-likeness (QED) is 0.250. The van der Waals surface area contributed by atoms with Gasteiger partial charge in [-0.1, -0.05) is 15.9 Å². The zero-order chi connectivity index (χ0) is 25.9. The number of rotatable bonds is 11. The lowest BCUT2D eigenvalue weighted by Crippen LogP contribution is -2.36. The third-order valence-electron chi connectivity index (χ3n) is 5.72. The number of hydrogen-bond donors (Lipinski definition) is 2. The van der Waals surface area contributed by atoms with Crippen LogP contribution in [-0.2, 0) is 18.6 Å². The van der Waals surface area contributed by atoms with Crippen LogP contribution in [0.2, 0.25) is 0 Å². The van der Waals surface area contributed by atoms with Crippen molar-refractivity contribution in [2.45, 2.75) is 38.8 Å². The van der Waals surface area contributed by atoms with Crippen LogP contribution in [-0.4, -0.2) is 51.9 Å². The first-order valence-electron chi connectivity index (χ1n) is 11.4. The van der Waals surface area contributed by atoms with Gasteiger partial charge in [0.2, 0.25) is 11.8 Å². The number of anilines is 1. The molecule has 14 heteroatoms. The van der Waals surface area contributed by atoms with E-state index in [0.29, 0.717) is 22.8 Å². The van der Waals surface area contributed by atoms with E-state index in [2.05, 4.69) is 36.0 Å². The Labute approximate surface area is 216 Å².